The number of nitrogens with one attached hydrogen (secondary N) is 1. The highest BCUT2D eigenvalue weighted by Gasteiger charge is 2.24. The van der Waals surface area contributed by atoms with Gasteiger partial charge in [-0.25, -0.2) is 8.42 Å². The summed E-state index contributed by atoms with van der Waals surface area (Å²) in [6.45, 7) is 1.27. The molecule has 106 valence electrons. The van der Waals surface area contributed by atoms with Crippen LogP contribution in [0.4, 0.5) is 15.8 Å². The van der Waals surface area contributed by atoms with E-state index < -0.39 is 26.5 Å². The Morgan fingerprint density at radius 3 is 2.65 bits per heavy atom. The molecule has 0 saturated heterocycles. The minimum atomic E-state index is -3.99. The molecule has 0 radical (unpaired) electrons. The van der Waals surface area contributed by atoms with Gasteiger partial charge in [0.1, 0.15) is 0 Å². The van der Waals surface area contributed by atoms with E-state index in [0.717, 1.165) is 6.07 Å². The largest absolute Gasteiger partial charge is 0.306 e. The second-order valence-electron chi connectivity index (χ2n) is 3.95. The fraction of sp³-hybridized carbons (Fsp3) is 0.0909. The zero-order valence-corrected chi connectivity index (χ0v) is 11.8. The standard InChI is InChI=1S/C11H9FN2O4S2/c1-7-4-9(5-10(11(7)12)14(15)16)20(17,18)13-8-2-3-19-6-8/h2-6,13H,1H3. The topological polar surface area (TPSA) is 89.3 Å². The second kappa shape index (κ2) is 5.17. The van der Waals surface area contributed by atoms with E-state index in [1.54, 1.807) is 16.8 Å². The van der Waals surface area contributed by atoms with E-state index in [9.17, 15) is 22.9 Å². The van der Waals surface area contributed by atoms with Crippen LogP contribution in [0.15, 0.2) is 33.9 Å². The van der Waals surface area contributed by atoms with Crippen molar-refractivity contribution in [3.63, 3.8) is 0 Å². The van der Waals surface area contributed by atoms with E-state index in [1.807, 2.05) is 0 Å². The number of hydrogen-bond donors (Lipinski definition) is 1. The normalized spacial score (nSPS) is 11.3. The summed E-state index contributed by atoms with van der Waals surface area (Å²) in [6, 6.07) is 3.31. The van der Waals surface area contributed by atoms with Crippen LogP contribution in [0.5, 0.6) is 0 Å². The van der Waals surface area contributed by atoms with Crippen molar-refractivity contribution in [2.45, 2.75) is 11.8 Å². The average Bonchev–Trinajstić information content (AvgIpc) is 2.83. The SMILES string of the molecule is Cc1cc(S(=O)(=O)Nc2ccsc2)cc([N+](=O)[O-])c1F. The summed E-state index contributed by atoms with van der Waals surface area (Å²) in [4.78, 5) is 9.42. The van der Waals surface area contributed by atoms with Crippen LogP contribution in [0.25, 0.3) is 0 Å². The average molecular weight is 316 g/mol. The molecule has 0 amide bonds. The van der Waals surface area contributed by atoms with Crippen LogP contribution in [0.1, 0.15) is 5.56 Å². The van der Waals surface area contributed by atoms with Gasteiger partial charge in [0, 0.05) is 11.4 Å². The molecule has 1 aromatic carbocycles. The van der Waals surface area contributed by atoms with E-state index in [1.165, 1.54) is 18.3 Å². The number of benzene rings is 1. The van der Waals surface area contributed by atoms with Crippen LogP contribution in [-0.4, -0.2) is 13.3 Å². The van der Waals surface area contributed by atoms with E-state index >= 15 is 0 Å². The molecule has 0 spiro atoms. The number of halogens is 1. The number of aryl methyl sites for hydroxylation is 1. The first-order valence-electron chi connectivity index (χ1n) is 5.31. The van der Waals surface area contributed by atoms with Crippen molar-refractivity contribution in [2.24, 2.45) is 0 Å². The highest BCUT2D eigenvalue weighted by atomic mass is 32.2. The quantitative estimate of drug-likeness (QED) is 0.693. The fourth-order valence-electron chi connectivity index (χ4n) is 1.54. The van der Waals surface area contributed by atoms with Crippen LogP contribution < -0.4 is 4.72 Å². The summed E-state index contributed by atoms with van der Waals surface area (Å²) < 4.78 is 40.0. The lowest BCUT2D eigenvalue weighted by Gasteiger charge is -2.07. The first kappa shape index (κ1) is 14.4. The van der Waals surface area contributed by atoms with Crippen molar-refractivity contribution in [2.75, 3.05) is 4.72 Å². The van der Waals surface area contributed by atoms with E-state index in [4.69, 9.17) is 0 Å². The number of nitro groups is 1. The van der Waals surface area contributed by atoms with Crippen LogP contribution >= 0.6 is 11.3 Å². The first-order chi connectivity index (χ1) is 9.31. The van der Waals surface area contributed by atoms with Crippen LogP contribution in [0.2, 0.25) is 0 Å². The summed E-state index contributed by atoms with van der Waals surface area (Å²) in [6.07, 6.45) is 0. The molecule has 0 saturated carbocycles. The van der Waals surface area contributed by atoms with Gasteiger partial charge in [-0.15, -0.1) is 0 Å². The zero-order chi connectivity index (χ0) is 14.9. The molecule has 9 heteroatoms. The molecule has 2 rings (SSSR count). The van der Waals surface area contributed by atoms with E-state index in [2.05, 4.69) is 4.72 Å². The molecular formula is C11H9FN2O4S2. The highest BCUT2D eigenvalue weighted by Crippen LogP contribution is 2.26. The van der Waals surface area contributed by atoms with E-state index in [-0.39, 0.29) is 10.5 Å². The predicted octanol–water partition coefficient (Wildman–Crippen LogP) is 2.90. The van der Waals surface area contributed by atoms with Gasteiger partial charge in [0.15, 0.2) is 0 Å². The lowest BCUT2D eigenvalue weighted by Crippen LogP contribution is -2.13. The summed E-state index contributed by atoms with van der Waals surface area (Å²) in [5.41, 5.74) is -0.625. The monoisotopic (exact) mass is 316 g/mol. The molecule has 20 heavy (non-hydrogen) atoms. The lowest BCUT2D eigenvalue weighted by molar-refractivity contribution is -0.387. The van der Waals surface area contributed by atoms with Gasteiger partial charge in [-0.3, -0.25) is 14.8 Å². The Balaban J connectivity index is 2.49. The number of thiophene rings is 1. The van der Waals surface area contributed by atoms with Crippen molar-refractivity contribution in [3.8, 4) is 0 Å². The lowest BCUT2D eigenvalue weighted by atomic mass is 10.2. The molecule has 0 bridgehead atoms. The smallest absolute Gasteiger partial charge is 0.279 e. The molecule has 1 aromatic heterocycles. The molecule has 0 fully saturated rings. The van der Waals surface area contributed by atoms with Gasteiger partial charge in [0.2, 0.25) is 5.82 Å². The number of anilines is 1. The van der Waals surface area contributed by atoms with E-state index in [0.29, 0.717) is 11.8 Å². The Kier molecular flexibility index (Phi) is 3.73. The Morgan fingerprint density at radius 2 is 2.10 bits per heavy atom. The predicted molar refractivity (Wildman–Crippen MR) is 72.9 cm³/mol. The molecule has 6 nitrogen and oxygen atoms in total. The van der Waals surface area contributed by atoms with Gasteiger partial charge in [-0.05, 0) is 30.0 Å². The molecule has 0 aliphatic carbocycles. The van der Waals surface area contributed by atoms with Crippen molar-refractivity contribution in [1.82, 2.24) is 0 Å². The van der Waals surface area contributed by atoms with Gasteiger partial charge in [0.05, 0.1) is 15.5 Å². The maximum Gasteiger partial charge on any atom is 0.306 e. The second-order valence-corrected chi connectivity index (χ2v) is 6.41. The summed E-state index contributed by atoms with van der Waals surface area (Å²) in [7, 11) is -3.99. The molecule has 1 N–H and O–H groups in total. The number of nitro benzene ring substituents is 1. The van der Waals surface area contributed by atoms with Crippen LogP contribution in [0.3, 0.4) is 0 Å². The van der Waals surface area contributed by atoms with Crippen molar-refractivity contribution >= 4 is 32.7 Å². The first-order valence-corrected chi connectivity index (χ1v) is 7.73. The molecule has 0 unspecified atom stereocenters. The number of sulfonamides is 1. The number of nitrogens with zero attached hydrogens (tertiary/aromatic N) is 1. The van der Waals surface area contributed by atoms with Crippen molar-refractivity contribution < 1.29 is 17.7 Å². The molecule has 0 aliphatic heterocycles. The van der Waals surface area contributed by atoms with Crippen LogP contribution in [0, 0.1) is 22.9 Å². The molecule has 0 atom stereocenters. The summed E-state index contributed by atoms with van der Waals surface area (Å²) >= 11 is 1.29. The Labute approximate surface area is 118 Å². The Morgan fingerprint density at radius 1 is 1.40 bits per heavy atom. The van der Waals surface area contributed by atoms with Gasteiger partial charge in [-0.1, -0.05) is 0 Å². The third-order valence-electron chi connectivity index (χ3n) is 2.49. The minimum Gasteiger partial charge on any atom is -0.279 e. The van der Waals surface area contributed by atoms with Gasteiger partial charge < -0.3 is 0 Å². The molecule has 1 heterocycles. The number of rotatable bonds is 4. The molecular weight excluding hydrogens is 307 g/mol. The van der Waals surface area contributed by atoms with Crippen LogP contribution in [-0.2, 0) is 10.0 Å². The third kappa shape index (κ3) is 2.78. The molecule has 2 aromatic rings. The minimum absolute atomic E-state index is 0.107. The summed E-state index contributed by atoms with van der Waals surface area (Å²) in [5.74, 6) is -1.04. The highest BCUT2D eigenvalue weighted by molar-refractivity contribution is 7.92. The Bertz CT molecular complexity index is 757. The van der Waals surface area contributed by atoms with Gasteiger partial charge >= 0.3 is 5.69 Å². The van der Waals surface area contributed by atoms with Crippen molar-refractivity contribution in [3.05, 3.63) is 50.5 Å². The number of hydrogen-bond acceptors (Lipinski definition) is 5. The van der Waals surface area contributed by atoms with Crippen molar-refractivity contribution in [1.29, 1.82) is 0 Å². The van der Waals surface area contributed by atoms with Gasteiger partial charge in [-0.2, -0.15) is 15.7 Å². The summed E-state index contributed by atoms with van der Waals surface area (Å²) in [5, 5.41) is 14.0. The third-order valence-corrected chi connectivity index (χ3v) is 4.53. The maximum absolute atomic E-state index is 13.5. The maximum atomic E-state index is 13.5. The van der Waals surface area contributed by atoms with Gasteiger partial charge in [0.25, 0.3) is 10.0 Å². The Hall–Kier alpha value is -2.00. The molecule has 0 aliphatic rings. The zero-order valence-electron chi connectivity index (χ0n) is 10.2. The fourth-order valence-corrected chi connectivity index (χ4v) is 3.36.